The largest absolute Gasteiger partial charge is 0.338 e. The summed E-state index contributed by atoms with van der Waals surface area (Å²) in [6.45, 7) is 11.3. The van der Waals surface area contributed by atoms with Gasteiger partial charge in [-0.25, -0.2) is 4.79 Å². The van der Waals surface area contributed by atoms with Gasteiger partial charge in [-0.05, 0) is 64.7 Å². The van der Waals surface area contributed by atoms with Crippen molar-refractivity contribution in [2.24, 2.45) is 0 Å². The van der Waals surface area contributed by atoms with E-state index in [0.29, 0.717) is 18.3 Å². The summed E-state index contributed by atoms with van der Waals surface area (Å²) in [5.41, 5.74) is 2.08. The van der Waals surface area contributed by atoms with Crippen LogP contribution in [0.1, 0.15) is 58.8 Å². The fourth-order valence-corrected chi connectivity index (χ4v) is 4.31. The minimum Gasteiger partial charge on any atom is -0.338 e. The second-order valence-electron chi connectivity index (χ2n) is 9.21. The Hall–Kier alpha value is -2.41. The van der Waals surface area contributed by atoms with Crippen molar-refractivity contribution in [2.75, 3.05) is 6.54 Å². The molecule has 0 atom stereocenters. The molecule has 0 spiro atoms. The lowest BCUT2D eigenvalue weighted by Crippen LogP contribution is -2.62. The molecule has 3 rings (SSSR count). The maximum Gasteiger partial charge on any atom is 0.315 e. The Labute approximate surface area is 173 Å². The molecule has 0 bridgehead atoms. The van der Waals surface area contributed by atoms with Crippen LogP contribution in [0.25, 0.3) is 11.5 Å². The van der Waals surface area contributed by atoms with Crippen molar-refractivity contribution in [3.8, 4) is 11.5 Å². The van der Waals surface area contributed by atoms with Gasteiger partial charge >= 0.3 is 6.03 Å². The lowest BCUT2D eigenvalue weighted by molar-refractivity contribution is 0.147. The highest BCUT2D eigenvalue weighted by Crippen LogP contribution is 2.28. The molecule has 2 heterocycles. The van der Waals surface area contributed by atoms with E-state index >= 15 is 0 Å². The van der Waals surface area contributed by atoms with E-state index in [1.54, 1.807) is 0 Å². The van der Waals surface area contributed by atoms with Crippen molar-refractivity contribution in [3.05, 3.63) is 35.7 Å². The number of hydrogen-bond donors (Lipinski definition) is 3. The molecule has 0 aliphatic carbocycles. The number of benzene rings is 1. The first-order valence-electron chi connectivity index (χ1n) is 10.4. The van der Waals surface area contributed by atoms with Gasteiger partial charge in [0, 0.05) is 35.6 Å². The molecule has 2 aromatic rings. The molecule has 3 N–H and O–H groups in total. The van der Waals surface area contributed by atoms with Crippen LogP contribution in [0.3, 0.4) is 0 Å². The third-order valence-electron chi connectivity index (χ3n) is 5.21. The predicted octanol–water partition coefficient (Wildman–Crippen LogP) is 3.45. The van der Waals surface area contributed by atoms with Crippen molar-refractivity contribution >= 4 is 6.03 Å². The highest BCUT2D eigenvalue weighted by Gasteiger charge is 2.38. The molecule has 1 aromatic carbocycles. The van der Waals surface area contributed by atoms with Crippen LogP contribution in [-0.2, 0) is 12.8 Å². The zero-order valence-corrected chi connectivity index (χ0v) is 18.1. The maximum absolute atomic E-state index is 12.3. The third-order valence-corrected chi connectivity index (χ3v) is 5.21. The Morgan fingerprint density at radius 1 is 1.17 bits per heavy atom. The van der Waals surface area contributed by atoms with E-state index in [1.807, 2.05) is 31.2 Å². The van der Waals surface area contributed by atoms with Crippen molar-refractivity contribution < 1.29 is 9.32 Å². The number of nitrogens with zero attached hydrogens (tertiary/aromatic N) is 2. The first kappa shape index (κ1) is 21.3. The number of aromatic nitrogens is 2. The van der Waals surface area contributed by atoms with E-state index < -0.39 is 0 Å². The summed E-state index contributed by atoms with van der Waals surface area (Å²) in [7, 11) is 0. The van der Waals surface area contributed by atoms with Crippen LogP contribution in [0.15, 0.2) is 28.8 Å². The summed E-state index contributed by atoms with van der Waals surface area (Å²) in [6, 6.07) is 8.08. The quantitative estimate of drug-likeness (QED) is 0.692. The van der Waals surface area contributed by atoms with Crippen molar-refractivity contribution in [2.45, 2.75) is 77.4 Å². The van der Waals surface area contributed by atoms with E-state index in [0.717, 1.165) is 36.8 Å². The number of nitrogens with one attached hydrogen (secondary N) is 3. The predicted molar refractivity (Wildman–Crippen MR) is 114 cm³/mol. The van der Waals surface area contributed by atoms with Gasteiger partial charge in [-0.3, -0.25) is 0 Å². The fourth-order valence-electron chi connectivity index (χ4n) is 4.31. The van der Waals surface area contributed by atoms with Gasteiger partial charge in [0.25, 0.3) is 5.89 Å². The molecular weight excluding hydrogens is 366 g/mol. The van der Waals surface area contributed by atoms with E-state index in [2.05, 4.69) is 53.8 Å². The van der Waals surface area contributed by atoms with Crippen molar-refractivity contribution in [1.29, 1.82) is 0 Å². The SMILES string of the molecule is CCc1noc(-c2ccc(CCNC(=O)NC3CC(C)(C)NC(C)(C)C3)cc2)n1. The minimum absolute atomic E-state index is 0.0116. The number of amides is 2. The number of hydrogen-bond acceptors (Lipinski definition) is 5. The Balaban J connectivity index is 1.45. The van der Waals surface area contributed by atoms with Crippen LogP contribution in [0.5, 0.6) is 0 Å². The standard InChI is InChI=1S/C22H33N5O2/c1-6-18-25-19(29-26-18)16-9-7-15(8-10-16)11-12-23-20(28)24-17-13-21(2,3)27-22(4,5)14-17/h7-10,17,27H,6,11-14H2,1-5H3,(H2,23,24,28). The maximum atomic E-state index is 12.3. The minimum atomic E-state index is -0.0990. The molecule has 0 unspecified atom stereocenters. The number of carbonyl (C=O) groups is 1. The van der Waals surface area contributed by atoms with Crippen LogP contribution in [-0.4, -0.2) is 39.8 Å². The zero-order valence-electron chi connectivity index (χ0n) is 18.1. The highest BCUT2D eigenvalue weighted by molar-refractivity contribution is 5.74. The van der Waals surface area contributed by atoms with Gasteiger partial charge in [-0.1, -0.05) is 24.2 Å². The van der Waals surface area contributed by atoms with E-state index in [-0.39, 0.29) is 23.2 Å². The van der Waals surface area contributed by atoms with Gasteiger partial charge in [0.15, 0.2) is 5.82 Å². The molecule has 7 nitrogen and oxygen atoms in total. The number of aryl methyl sites for hydroxylation is 1. The van der Waals surface area contributed by atoms with Gasteiger partial charge in [-0.2, -0.15) is 4.98 Å². The van der Waals surface area contributed by atoms with Crippen molar-refractivity contribution in [1.82, 2.24) is 26.1 Å². The summed E-state index contributed by atoms with van der Waals surface area (Å²) in [4.78, 5) is 16.7. The fraction of sp³-hybridized carbons (Fsp3) is 0.591. The normalized spacial score (nSPS) is 18.4. The molecule has 1 saturated heterocycles. The number of urea groups is 1. The summed E-state index contributed by atoms with van der Waals surface area (Å²) >= 11 is 0. The molecule has 0 saturated carbocycles. The van der Waals surface area contributed by atoms with E-state index in [1.165, 1.54) is 0 Å². The highest BCUT2D eigenvalue weighted by atomic mass is 16.5. The summed E-state index contributed by atoms with van der Waals surface area (Å²) < 4.78 is 5.26. The Morgan fingerprint density at radius 2 is 1.83 bits per heavy atom. The number of piperidine rings is 1. The van der Waals surface area contributed by atoms with E-state index in [9.17, 15) is 4.79 Å². The van der Waals surface area contributed by atoms with Crippen LogP contribution in [0.2, 0.25) is 0 Å². The molecule has 2 amide bonds. The second-order valence-corrected chi connectivity index (χ2v) is 9.21. The van der Waals surface area contributed by atoms with Crippen LogP contribution < -0.4 is 16.0 Å². The van der Waals surface area contributed by atoms with Crippen LogP contribution in [0.4, 0.5) is 4.79 Å². The number of carbonyl (C=O) groups excluding carboxylic acids is 1. The third kappa shape index (κ3) is 6.03. The van der Waals surface area contributed by atoms with Gasteiger partial charge < -0.3 is 20.5 Å². The van der Waals surface area contributed by atoms with Crippen molar-refractivity contribution in [3.63, 3.8) is 0 Å². The number of rotatable bonds is 6. The first-order chi connectivity index (χ1) is 13.7. The lowest BCUT2D eigenvalue weighted by Gasteiger charge is -2.46. The van der Waals surface area contributed by atoms with Gasteiger partial charge in [0.1, 0.15) is 0 Å². The monoisotopic (exact) mass is 399 g/mol. The zero-order chi connectivity index (χ0) is 21.1. The molecule has 0 radical (unpaired) electrons. The molecule has 1 aromatic heterocycles. The molecule has 158 valence electrons. The lowest BCUT2D eigenvalue weighted by atomic mass is 9.80. The summed E-state index contributed by atoms with van der Waals surface area (Å²) in [5.74, 6) is 1.25. The smallest absolute Gasteiger partial charge is 0.315 e. The Bertz CT molecular complexity index is 810. The second kappa shape index (κ2) is 8.53. The van der Waals surface area contributed by atoms with Gasteiger partial charge in [-0.15, -0.1) is 0 Å². The Morgan fingerprint density at radius 3 is 2.41 bits per heavy atom. The summed E-state index contributed by atoms with van der Waals surface area (Å²) in [6.07, 6.45) is 3.35. The van der Waals surface area contributed by atoms with E-state index in [4.69, 9.17) is 4.52 Å². The molecular formula is C22H33N5O2. The topological polar surface area (TPSA) is 92.1 Å². The molecule has 7 heteroatoms. The Kier molecular flexibility index (Phi) is 6.27. The van der Waals surface area contributed by atoms with Crippen LogP contribution in [0, 0.1) is 0 Å². The molecule has 1 aliphatic heterocycles. The van der Waals surface area contributed by atoms with Gasteiger partial charge in [0.05, 0.1) is 0 Å². The average molecular weight is 400 g/mol. The molecule has 1 aliphatic rings. The first-order valence-corrected chi connectivity index (χ1v) is 10.4. The molecule has 1 fully saturated rings. The van der Waals surface area contributed by atoms with Gasteiger partial charge in [0.2, 0.25) is 0 Å². The summed E-state index contributed by atoms with van der Waals surface area (Å²) in [5, 5.41) is 13.7. The average Bonchev–Trinajstić information content (AvgIpc) is 3.08. The van der Waals surface area contributed by atoms with Crippen LogP contribution >= 0.6 is 0 Å². The molecule has 29 heavy (non-hydrogen) atoms.